The van der Waals surface area contributed by atoms with E-state index in [-0.39, 0.29) is 31.1 Å². The van der Waals surface area contributed by atoms with Crippen LogP contribution < -0.4 is 0 Å². The Bertz CT molecular complexity index is 718. The fourth-order valence-corrected chi connectivity index (χ4v) is 3.84. The van der Waals surface area contributed by atoms with Gasteiger partial charge < -0.3 is 20.2 Å². The van der Waals surface area contributed by atoms with E-state index in [2.05, 4.69) is 48.5 Å². The summed E-state index contributed by atoms with van der Waals surface area (Å²) in [7, 11) is 0. The Balaban J connectivity index is 1.53. The summed E-state index contributed by atoms with van der Waals surface area (Å²) in [5.74, 6) is -0.123. The van der Waals surface area contributed by atoms with Crippen LogP contribution >= 0.6 is 0 Å². The first kappa shape index (κ1) is 21.0. The van der Waals surface area contributed by atoms with Gasteiger partial charge in [-0.2, -0.15) is 5.06 Å². The Labute approximate surface area is 167 Å². The minimum absolute atomic E-state index is 0.00583. The average molecular weight is 386 g/mol. The van der Waals surface area contributed by atoms with E-state index in [4.69, 9.17) is 4.74 Å². The van der Waals surface area contributed by atoms with Crippen molar-refractivity contribution in [3.8, 4) is 11.1 Å². The van der Waals surface area contributed by atoms with Crippen molar-refractivity contribution < 1.29 is 20.2 Å². The van der Waals surface area contributed by atoms with Crippen molar-refractivity contribution in [3.63, 3.8) is 0 Å². The molecular weight excluding hydrogens is 354 g/mol. The van der Waals surface area contributed by atoms with E-state index in [1.165, 1.54) is 22.3 Å². The Morgan fingerprint density at radius 3 is 2.11 bits per heavy atom. The van der Waals surface area contributed by atoms with Gasteiger partial charge in [0, 0.05) is 31.5 Å². The van der Waals surface area contributed by atoms with Crippen molar-refractivity contribution in [2.24, 2.45) is 5.92 Å². The van der Waals surface area contributed by atoms with E-state index in [0.717, 1.165) is 5.06 Å². The van der Waals surface area contributed by atoms with Crippen LogP contribution in [0.4, 0.5) is 0 Å². The number of aliphatic hydroxyl groups is 2. The molecule has 0 radical (unpaired) electrons. The Morgan fingerprint density at radius 1 is 1.00 bits per heavy atom. The summed E-state index contributed by atoms with van der Waals surface area (Å²) in [6, 6.07) is 17.0. The molecule has 3 unspecified atom stereocenters. The summed E-state index contributed by atoms with van der Waals surface area (Å²) < 4.78 is 6.13. The van der Waals surface area contributed by atoms with Crippen LogP contribution in [0.15, 0.2) is 48.5 Å². The van der Waals surface area contributed by atoms with Gasteiger partial charge in [0.25, 0.3) is 0 Å². The number of ether oxygens (including phenoxy) is 1. The first-order valence-corrected chi connectivity index (χ1v) is 10.0. The van der Waals surface area contributed by atoms with Crippen molar-refractivity contribution in [3.05, 3.63) is 59.7 Å². The Morgan fingerprint density at radius 2 is 1.57 bits per heavy atom. The molecular formula is C23H31NO4. The van der Waals surface area contributed by atoms with E-state index >= 15 is 0 Å². The number of fused-ring (bicyclic) bond motifs is 3. The zero-order valence-electron chi connectivity index (χ0n) is 16.7. The van der Waals surface area contributed by atoms with Crippen LogP contribution in [-0.2, 0) is 4.74 Å². The number of aliphatic hydroxyl groups excluding tert-OH is 2. The highest BCUT2D eigenvalue weighted by Gasteiger charge is 2.28. The van der Waals surface area contributed by atoms with E-state index in [9.17, 15) is 15.4 Å². The smallest absolute Gasteiger partial charge is 0.0579 e. The van der Waals surface area contributed by atoms with Gasteiger partial charge in [-0.1, -0.05) is 48.5 Å². The molecule has 1 aliphatic rings. The molecule has 3 N–H and O–H groups in total. The van der Waals surface area contributed by atoms with Crippen LogP contribution in [0.1, 0.15) is 37.3 Å². The number of hydroxylamine groups is 2. The lowest BCUT2D eigenvalue weighted by atomic mass is 9.98. The maximum Gasteiger partial charge on any atom is 0.0579 e. The highest BCUT2D eigenvalue weighted by molar-refractivity contribution is 5.78. The third-order valence-electron chi connectivity index (χ3n) is 5.67. The molecule has 2 aromatic rings. The first-order valence-electron chi connectivity index (χ1n) is 10.0. The molecule has 0 aliphatic heterocycles. The van der Waals surface area contributed by atoms with Gasteiger partial charge in [0.15, 0.2) is 0 Å². The third-order valence-corrected chi connectivity index (χ3v) is 5.67. The predicted molar refractivity (Wildman–Crippen MR) is 109 cm³/mol. The second-order valence-electron chi connectivity index (χ2n) is 7.76. The summed E-state index contributed by atoms with van der Waals surface area (Å²) in [6.45, 7) is 4.76. The molecule has 152 valence electrons. The standard InChI is InChI=1S/C23H31NO4/c1-16(11-12-24(27)13-18(14-25)17(2)26)28-15-23-21-9-5-3-7-19(21)20-8-4-6-10-22(20)23/h3-10,16-18,23,25-27H,11-15H2,1-2H3. The topological polar surface area (TPSA) is 73.2 Å². The molecule has 3 rings (SSSR count). The van der Waals surface area contributed by atoms with Crippen LogP contribution in [-0.4, -0.2) is 59.0 Å². The largest absolute Gasteiger partial charge is 0.396 e. The van der Waals surface area contributed by atoms with Gasteiger partial charge in [-0.15, -0.1) is 0 Å². The molecule has 0 saturated heterocycles. The molecule has 0 amide bonds. The van der Waals surface area contributed by atoms with Gasteiger partial charge in [-0.05, 0) is 42.5 Å². The molecule has 5 heteroatoms. The van der Waals surface area contributed by atoms with Gasteiger partial charge in [-0.25, -0.2) is 0 Å². The minimum Gasteiger partial charge on any atom is -0.396 e. The maximum atomic E-state index is 10.0. The molecule has 5 nitrogen and oxygen atoms in total. The van der Waals surface area contributed by atoms with Crippen molar-refractivity contribution in [1.29, 1.82) is 0 Å². The van der Waals surface area contributed by atoms with Crippen molar-refractivity contribution in [2.75, 3.05) is 26.3 Å². The van der Waals surface area contributed by atoms with Crippen LogP contribution in [0, 0.1) is 5.92 Å². The second-order valence-corrected chi connectivity index (χ2v) is 7.76. The van der Waals surface area contributed by atoms with Crippen molar-refractivity contribution in [2.45, 2.75) is 38.4 Å². The zero-order chi connectivity index (χ0) is 20.1. The second kappa shape index (κ2) is 9.63. The first-order chi connectivity index (χ1) is 13.5. The van der Waals surface area contributed by atoms with Crippen molar-refractivity contribution in [1.82, 2.24) is 5.06 Å². The summed E-state index contributed by atoms with van der Waals surface area (Å²) in [4.78, 5) is 0. The monoisotopic (exact) mass is 385 g/mol. The normalized spacial score (nSPS) is 16.6. The molecule has 2 aromatic carbocycles. The molecule has 0 aromatic heterocycles. The molecule has 0 fully saturated rings. The summed E-state index contributed by atoms with van der Waals surface area (Å²) in [5, 5.41) is 30.1. The van der Waals surface area contributed by atoms with E-state index < -0.39 is 6.10 Å². The van der Waals surface area contributed by atoms with E-state index in [1.54, 1.807) is 6.92 Å². The lowest BCUT2D eigenvalue weighted by Gasteiger charge is -2.24. The highest BCUT2D eigenvalue weighted by Crippen LogP contribution is 2.44. The molecule has 3 atom stereocenters. The van der Waals surface area contributed by atoms with Crippen LogP contribution in [0.3, 0.4) is 0 Å². The molecule has 0 heterocycles. The number of rotatable bonds is 10. The fraction of sp³-hybridized carbons (Fsp3) is 0.478. The van der Waals surface area contributed by atoms with Crippen LogP contribution in [0.5, 0.6) is 0 Å². The lowest BCUT2D eigenvalue weighted by Crippen LogP contribution is -2.35. The molecule has 0 spiro atoms. The summed E-state index contributed by atoms with van der Waals surface area (Å²) in [5.41, 5.74) is 5.19. The van der Waals surface area contributed by atoms with Gasteiger partial charge in [0.1, 0.15) is 0 Å². The highest BCUT2D eigenvalue weighted by atomic mass is 16.5. The number of hydrogen-bond acceptors (Lipinski definition) is 5. The van der Waals surface area contributed by atoms with Crippen molar-refractivity contribution >= 4 is 0 Å². The maximum absolute atomic E-state index is 10.0. The molecule has 1 aliphatic carbocycles. The summed E-state index contributed by atoms with van der Waals surface area (Å²) in [6.07, 6.45) is 0.00863. The third kappa shape index (κ3) is 4.80. The number of nitrogens with zero attached hydrogens (tertiary/aromatic N) is 1. The molecule has 0 saturated carbocycles. The molecule has 0 bridgehead atoms. The van der Waals surface area contributed by atoms with Gasteiger partial charge in [0.05, 0.1) is 18.8 Å². The Kier molecular flexibility index (Phi) is 7.21. The van der Waals surface area contributed by atoms with Gasteiger partial charge in [-0.3, -0.25) is 0 Å². The van der Waals surface area contributed by atoms with Crippen LogP contribution in [0.25, 0.3) is 11.1 Å². The zero-order valence-corrected chi connectivity index (χ0v) is 16.7. The SMILES string of the molecule is CC(CCN(O)CC(CO)C(C)O)OCC1c2ccccc2-c2ccccc21. The quantitative estimate of drug-likeness (QED) is 0.548. The van der Waals surface area contributed by atoms with Crippen LogP contribution in [0.2, 0.25) is 0 Å². The predicted octanol–water partition coefficient (Wildman–Crippen LogP) is 3.27. The van der Waals surface area contributed by atoms with Gasteiger partial charge in [0.2, 0.25) is 0 Å². The lowest BCUT2D eigenvalue weighted by molar-refractivity contribution is -0.122. The molecule has 28 heavy (non-hydrogen) atoms. The average Bonchev–Trinajstić information content (AvgIpc) is 3.02. The fourth-order valence-electron chi connectivity index (χ4n) is 3.84. The van der Waals surface area contributed by atoms with E-state index in [1.807, 2.05) is 6.92 Å². The summed E-state index contributed by atoms with van der Waals surface area (Å²) >= 11 is 0. The van der Waals surface area contributed by atoms with Gasteiger partial charge >= 0.3 is 0 Å². The Hall–Kier alpha value is -1.76. The minimum atomic E-state index is -0.657. The number of hydrogen-bond donors (Lipinski definition) is 3. The van der Waals surface area contributed by atoms with E-state index in [0.29, 0.717) is 19.6 Å². The number of benzene rings is 2.